The summed E-state index contributed by atoms with van der Waals surface area (Å²) in [5.74, 6) is 1.01. The second-order valence-electron chi connectivity index (χ2n) is 7.80. The molecule has 1 aliphatic heterocycles. The Morgan fingerprint density at radius 3 is 2.23 bits per heavy atom. The first-order valence-corrected chi connectivity index (χ1v) is 9.37. The molecule has 0 aromatic rings. The molecule has 2 aliphatic carbocycles. The lowest BCUT2D eigenvalue weighted by molar-refractivity contribution is -0.134. The van der Waals surface area contributed by atoms with Crippen LogP contribution < -0.4 is 0 Å². The largest absolute Gasteiger partial charge is 0.389 e. The highest BCUT2D eigenvalue weighted by Gasteiger charge is 2.33. The molecule has 0 aromatic heterocycles. The fraction of sp³-hybridized carbons (Fsp3) is 0.944. The summed E-state index contributed by atoms with van der Waals surface area (Å²) in [7, 11) is 0. The number of hydrogen-bond acceptors (Lipinski definition) is 3. The lowest BCUT2D eigenvalue weighted by atomic mass is 9.84. The molecule has 0 radical (unpaired) electrons. The molecule has 2 saturated carbocycles. The predicted octanol–water partition coefficient (Wildman–Crippen LogP) is 2.41. The first kappa shape index (κ1) is 16.3. The molecule has 1 amide bonds. The lowest BCUT2D eigenvalue weighted by Crippen LogP contribution is -2.53. The van der Waals surface area contributed by atoms with E-state index in [9.17, 15) is 9.90 Å². The molecule has 0 spiro atoms. The van der Waals surface area contributed by atoms with E-state index >= 15 is 0 Å². The van der Waals surface area contributed by atoms with Crippen molar-refractivity contribution in [1.82, 2.24) is 9.80 Å². The summed E-state index contributed by atoms with van der Waals surface area (Å²) in [6.45, 7) is 4.36. The van der Waals surface area contributed by atoms with Crippen molar-refractivity contribution in [2.45, 2.75) is 69.8 Å². The van der Waals surface area contributed by atoms with Crippen molar-refractivity contribution < 1.29 is 9.90 Å². The Kier molecular flexibility index (Phi) is 5.40. The molecule has 1 N–H and O–H groups in total. The monoisotopic (exact) mass is 308 g/mol. The predicted molar refractivity (Wildman–Crippen MR) is 87.6 cm³/mol. The van der Waals surface area contributed by atoms with Crippen LogP contribution in [0.3, 0.4) is 0 Å². The lowest BCUT2D eigenvalue weighted by Gasteiger charge is -2.41. The Morgan fingerprint density at radius 2 is 1.59 bits per heavy atom. The summed E-state index contributed by atoms with van der Waals surface area (Å²) in [6.07, 6.45) is 11.4. The number of amides is 1. The molecule has 1 saturated heterocycles. The molecule has 0 unspecified atom stereocenters. The molecule has 4 heteroatoms. The Hall–Kier alpha value is -0.610. The van der Waals surface area contributed by atoms with Crippen LogP contribution in [0.2, 0.25) is 0 Å². The standard InChI is InChI=1S/C18H32N2O2/c21-17(14-16-6-2-3-7-16)20-12-10-19(11-13-20)15-18(22)8-4-1-5-9-18/h16,22H,1-15H2. The number of carbonyl (C=O) groups excluding carboxylic acids is 1. The van der Waals surface area contributed by atoms with Crippen molar-refractivity contribution in [2.24, 2.45) is 5.92 Å². The molecule has 0 atom stereocenters. The van der Waals surface area contributed by atoms with E-state index in [1.54, 1.807) is 0 Å². The highest BCUT2D eigenvalue weighted by atomic mass is 16.3. The van der Waals surface area contributed by atoms with Crippen LogP contribution in [0.25, 0.3) is 0 Å². The van der Waals surface area contributed by atoms with Gasteiger partial charge < -0.3 is 10.0 Å². The van der Waals surface area contributed by atoms with E-state index in [2.05, 4.69) is 9.80 Å². The van der Waals surface area contributed by atoms with E-state index in [0.717, 1.165) is 64.8 Å². The summed E-state index contributed by atoms with van der Waals surface area (Å²) in [5, 5.41) is 10.7. The molecule has 3 fully saturated rings. The number of piperazine rings is 1. The van der Waals surface area contributed by atoms with Gasteiger partial charge in [-0.15, -0.1) is 0 Å². The van der Waals surface area contributed by atoms with Crippen molar-refractivity contribution in [3.8, 4) is 0 Å². The van der Waals surface area contributed by atoms with Crippen LogP contribution in [0.5, 0.6) is 0 Å². The van der Waals surface area contributed by atoms with Gasteiger partial charge in [0.15, 0.2) is 0 Å². The molecule has 1 heterocycles. The van der Waals surface area contributed by atoms with Crippen LogP contribution >= 0.6 is 0 Å². The third-order valence-corrected chi connectivity index (χ3v) is 5.97. The average Bonchev–Trinajstić information content (AvgIpc) is 3.01. The highest BCUT2D eigenvalue weighted by Crippen LogP contribution is 2.30. The van der Waals surface area contributed by atoms with Gasteiger partial charge in [0, 0.05) is 39.1 Å². The van der Waals surface area contributed by atoms with E-state index in [-0.39, 0.29) is 0 Å². The van der Waals surface area contributed by atoms with Crippen LogP contribution in [-0.4, -0.2) is 59.1 Å². The SMILES string of the molecule is O=C(CC1CCCC1)N1CCN(CC2(O)CCCCC2)CC1. The van der Waals surface area contributed by atoms with E-state index < -0.39 is 5.60 Å². The van der Waals surface area contributed by atoms with Gasteiger partial charge in [-0.25, -0.2) is 0 Å². The van der Waals surface area contributed by atoms with E-state index in [4.69, 9.17) is 0 Å². The zero-order chi connectivity index (χ0) is 15.4. The van der Waals surface area contributed by atoms with Crippen molar-refractivity contribution in [1.29, 1.82) is 0 Å². The highest BCUT2D eigenvalue weighted by molar-refractivity contribution is 5.76. The normalized spacial score (nSPS) is 27.2. The Bertz CT molecular complexity index is 365. The number of carbonyl (C=O) groups is 1. The fourth-order valence-electron chi connectivity index (χ4n) is 4.53. The van der Waals surface area contributed by atoms with Gasteiger partial charge in [0.2, 0.25) is 5.91 Å². The fourth-order valence-corrected chi connectivity index (χ4v) is 4.53. The molecule has 3 aliphatic rings. The van der Waals surface area contributed by atoms with Gasteiger partial charge in [0.25, 0.3) is 0 Å². The summed E-state index contributed by atoms with van der Waals surface area (Å²) in [6, 6.07) is 0. The summed E-state index contributed by atoms with van der Waals surface area (Å²) in [4.78, 5) is 16.8. The number of nitrogens with zero attached hydrogens (tertiary/aromatic N) is 2. The minimum atomic E-state index is -0.464. The van der Waals surface area contributed by atoms with Gasteiger partial charge >= 0.3 is 0 Å². The van der Waals surface area contributed by atoms with Crippen LogP contribution in [0.15, 0.2) is 0 Å². The van der Waals surface area contributed by atoms with Gasteiger partial charge in [-0.05, 0) is 31.6 Å². The summed E-state index contributed by atoms with van der Waals surface area (Å²) in [5.41, 5.74) is -0.464. The van der Waals surface area contributed by atoms with Crippen molar-refractivity contribution in [3.05, 3.63) is 0 Å². The molecule has 3 rings (SSSR count). The molecule has 0 aromatic carbocycles. The van der Waals surface area contributed by atoms with Gasteiger partial charge in [-0.3, -0.25) is 9.69 Å². The van der Waals surface area contributed by atoms with Crippen molar-refractivity contribution in [3.63, 3.8) is 0 Å². The maximum Gasteiger partial charge on any atom is 0.222 e. The molecule has 126 valence electrons. The third-order valence-electron chi connectivity index (χ3n) is 5.97. The first-order chi connectivity index (χ1) is 10.6. The molecular weight excluding hydrogens is 276 g/mol. The minimum absolute atomic E-state index is 0.364. The van der Waals surface area contributed by atoms with E-state index in [0.29, 0.717) is 11.8 Å². The zero-order valence-corrected chi connectivity index (χ0v) is 13.9. The topological polar surface area (TPSA) is 43.8 Å². The van der Waals surface area contributed by atoms with Crippen LogP contribution in [0.1, 0.15) is 64.2 Å². The molecular formula is C18H32N2O2. The van der Waals surface area contributed by atoms with E-state index in [1.807, 2.05) is 0 Å². The summed E-state index contributed by atoms with van der Waals surface area (Å²) >= 11 is 0. The van der Waals surface area contributed by atoms with Gasteiger partial charge in [-0.1, -0.05) is 32.1 Å². The van der Waals surface area contributed by atoms with Crippen molar-refractivity contribution >= 4 is 5.91 Å². The van der Waals surface area contributed by atoms with E-state index in [1.165, 1.54) is 32.1 Å². The molecule has 4 nitrogen and oxygen atoms in total. The Balaban J connectivity index is 1.40. The second kappa shape index (κ2) is 7.31. The zero-order valence-electron chi connectivity index (χ0n) is 13.9. The van der Waals surface area contributed by atoms with Gasteiger partial charge in [-0.2, -0.15) is 0 Å². The molecule has 22 heavy (non-hydrogen) atoms. The quantitative estimate of drug-likeness (QED) is 0.867. The van der Waals surface area contributed by atoms with Crippen LogP contribution in [0.4, 0.5) is 0 Å². The number of hydrogen-bond donors (Lipinski definition) is 1. The van der Waals surface area contributed by atoms with Crippen molar-refractivity contribution in [2.75, 3.05) is 32.7 Å². The maximum atomic E-state index is 12.4. The minimum Gasteiger partial charge on any atom is -0.389 e. The Labute approximate surface area is 134 Å². The number of rotatable bonds is 4. The number of β-amino-alcohol motifs (C(OH)–C–C–N with tert-alkyl or cyclic N) is 1. The average molecular weight is 308 g/mol. The maximum absolute atomic E-state index is 12.4. The summed E-state index contributed by atoms with van der Waals surface area (Å²) < 4.78 is 0. The smallest absolute Gasteiger partial charge is 0.222 e. The van der Waals surface area contributed by atoms with Crippen LogP contribution in [-0.2, 0) is 4.79 Å². The Morgan fingerprint density at radius 1 is 0.955 bits per heavy atom. The van der Waals surface area contributed by atoms with Gasteiger partial charge in [0.05, 0.1) is 5.60 Å². The molecule has 0 bridgehead atoms. The number of aliphatic hydroxyl groups is 1. The second-order valence-corrected chi connectivity index (χ2v) is 7.80. The van der Waals surface area contributed by atoms with Crippen LogP contribution in [0, 0.1) is 5.92 Å². The third kappa shape index (κ3) is 4.23. The first-order valence-electron chi connectivity index (χ1n) is 9.37. The van der Waals surface area contributed by atoms with Gasteiger partial charge in [0.1, 0.15) is 0 Å².